The van der Waals surface area contributed by atoms with Gasteiger partial charge >= 0.3 is 0 Å². The minimum atomic E-state index is 0.428. The molecule has 23 heavy (non-hydrogen) atoms. The SMILES string of the molecule is CCNC(=NCC(C)c1cccs1)NCCOc1cccnc1. The van der Waals surface area contributed by atoms with E-state index in [-0.39, 0.29) is 0 Å². The Labute approximate surface area is 141 Å². The standard InChI is InChI=1S/C17H24N4OS/c1-3-19-17(21-12-14(2)16-7-5-11-23-16)20-9-10-22-15-6-4-8-18-13-15/h4-8,11,13-14H,3,9-10,12H2,1-2H3,(H2,19,20,21). The predicted octanol–water partition coefficient (Wildman–Crippen LogP) is 2.88. The quantitative estimate of drug-likeness (QED) is 0.443. The number of aliphatic imine (C=N–C) groups is 1. The monoisotopic (exact) mass is 332 g/mol. The molecule has 0 aliphatic carbocycles. The van der Waals surface area contributed by atoms with E-state index in [1.165, 1.54) is 4.88 Å². The predicted molar refractivity (Wildman–Crippen MR) is 96.4 cm³/mol. The topological polar surface area (TPSA) is 58.5 Å². The maximum atomic E-state index is 5.61. The Kier molecular flexibility index (Phi) is 7.39. The minimum absolute atomic E-state index is 0.428. The van der Waals surface area contributed by atoms with Crippen molar-refractivity contribution in [1.29, 1.82) is 0 Å². The van der Waals surface area contributed by atoms with Crippen LogP contribution in [0.5, 0.6) is 5.75 Å². The number of aromatic nitrogens is 1. The van der Waals surface area contributed by atoms with Crippen molar-refractivity contribution < 1.29 is 4.74 Å². The van der Waals surface area contributed by atoms with Crippen LogP contribution in [-0.2, 0) is 0 Å². The van der Waals surface area contributed by atoms with E-state index in [0.29, 0.717) is 19.1 Å². The lowest BCUT2D eigenvalue weighted by atomic mass is 10.1. The smallest absolute Gasteiger partial charge is 0.191 e. The van der Waals surface area contributed by atoms with E-state index < -0.39 is 0 Å². The van der Waals surface area contributed by atoms with Crippen molar-refractivity contribution >= 4 is 17.3 Å². The lowest BCUT2D eigenvalue weighted by Gasteiger charge is -2.13. The van der Waals surface area contributed by atoms with Crippen molar-refractivity contribution in [2.24, 2.45) is 4.99 Å². The van der Waals surface area contributed by atoms with Gasteiger partial charge in [-0.25, -0.2) is 0 Å². The highest BCUT2D eigenvalue weighted by atomic mass is 32.1. The number of hydrogen-bond acceptors (Lipinski definition) is 4. The second-order valence-corrected chi connectivity index (χ2v) is 6.08. The molecule has 0 saturated carbocycles. The van der Waals surface area contributed by atoms with Crippen molar-refractivity contribution in [3.63, 3.8) is 0 Å². The first kappa shape index (κ1) is 17.3. The van der Waals surface area contributed by atoms with E-state index in [4.69, 9.17) is 4.74 Å². The normalized spacial score (nSPS) is 12.7. The molecule has 2 rings (SSSR count). The summed E-state index contributed by atoms with van der Waals surface area (Å²) in [5.41, 5.74) is 0. The molecule has 2 heterocycles. The Morgan fingerprint density at radius 1 is 1.35 bits per heavy atom. The minimum Gasteiger partial charge on any atom is -0.490 e. The zero-order chi connectivity index (χ0) is 16.3. The molecular weight excluding hydrogens is 308 g/mol. The van der Waals surface area contributed by atoms with E-state index in [9.17, 15) is 0 Å². The number of hydrogen-bond donors (Lipinski definition) is 2. The largest absolute Gasteiger partial charge is 0.490 e. The summed E-state index contributed by atoms with van der Waals surface area (Å²) in [4.78, 5) is 10.0. The maximum Gasteiger partial charge on any atom is 0.191 e. The van der Waals surface area contributed by atoms with Crippen LogP contribution >= 0.6 is 11.3 Å². The van der Waals surface area contributed by atoms with Crippen LogP contribution in [-0.4, -0.2) is 37.2 Å². The molecule has 6 heteroatoms. The highest BCUT2D eigenvalue weighted by molar-refractivity contribution is 7.10. The van der Waals surface area contributed by atoms with Crippen molar-refractivity contribution in [3.8, 4) is 5.75 Å². The third-order valence-corrected chi connectivity index (χ3v) is 4.30. The summed E-state index contributed by atoms with van der Waals surface area (Å²) >= 11 is 1.78. The molecule has 0 aromatic carbocycles. The fraction of sp³-hybridized carbons (Fsp3) is 0.412. The fourth-order valence-electron chi connectivity index (χ4n) is 2.00. The molecule has 2 N–H and O–H groups in total. The molecule has 2 aromatic rings. The van der Waals surface area contributed by atoms with Gasteiger partial charge in [0.05, 0.1) is 19.3 Å². The molecule has 0 fully saturated rings. The van der Waals surface area contributed by atoms with Gasteiger partial charge in [-0.05, 0) is 30.5 Å². The van der Waals surface area contributed by atoms with Crippen LogP contribution in [0.3, 0.4) is 0 Å². The summed E-state index contributed by atoms with van der Waals surface area (Å²) in [6.45, 7) is 7.11. The number of ether oxygens (including phenoxy) is 1. The van der Waals surface area contributed by atoms with E-state index in [0.717, 1.165) is 24.8 Å². The average Bonchev–Trinajstić information content (AvgIpc) is 3.11. The first-order chi connectivity index (χ1) is 11.3. The van der Waals surface area contributed by atoms with Gasteiger partial charge in [-0.3, -0.25) is 9.98 Å². The van der Waals surface area contributed by atoms with Gasteiger partial charge in [0.25, 0.3) is 0 Å². The molecule has 0 spiro atoms. The maximum absolute atomic E-state index is 5.61. The summed E-state index contributed by atoms with van der Waals surface area (Å²) in [7, 11) is 0. The molecule has 0 aliphatic heterocycles. The van der Waals surface area contributed by atoms with E-state index in [1.807, 2.05) is 12.1 Å². The molecule has 0 saturated heterocycles. The Hall–Kier alpha value is -2.08. The summed E-state index contributed by atoms with van der Waals surface area (Å²) in [6.07, 6.45) is 3.44. The van der Waals surface area contributed by atoms with E-state index >= 15 is 0 Å². The van der Waals surface area contributed by atoms with Gasteiger partial charge in [-0.15, -0.1) is 11.3 Å². The second-order valence-electron chi connectivity index (χ2n) is 5.10. The molecule has 0 aliphatic rings. The fourth-order valence-corrected chi connectivity index (χ4v) is 2.78. The lowest BCUT2D eigenvalue weighted by Crippen LogP contribution is -2.39. The second kappa shape index (κ2) is 9.84. The molecule has 0 bridgehead atoms. The number of nitrogens with one attached hydrogen (secondary N) is 2. The molecule has 2 aromatic heterocycles. The van der Waals surface area contributed by atoms with Crippen LogP contribution in [0, 0.1) is 0 Å². The molecule has 1 unspecified atom stereocenters. The van der Waals surface area contributed by atoms with Crippen LogP contribution < -0.4 is 15.4 Å². The number of guanidine groups is 1. The molecule has 0 radical (unpaired) electrons. The molecule has 5 nitrogen and oxygen atoms in total. The number of pyridine rings is 1. The summed E-state index contributed by atoms with van der Waals surface area (Å²) in [5, 5.41) is 8.65. The third-order valence-electron chi connectivity index (χ3n) is 3.19. The molecule has 124 valence electrons. The average molecular weight is 332 g/mol. The van der Waals surface area contributed by atoms with Gasteiger partial charge in [0, 0.05) is 23.5 Å². The van der Waals surface area contributed by atoms with Gasteiger partial charge in [-0.2, -0.15) is 0 Å². The van der Waals surface area contributed by atoms with Crippen molar-refractivity contribution in [2.45, 2.75) is 19.8 Å². The summed E-state index contributed by atoms with van der Waals surface area (Å²) in [5.74, 6) is 2.03. The van der Waals surface area contributed by atoms with Crippen molar-refractivity contribution in [2.75, 3.05) is 26.2 Å². The van der Waals surface area contributed by atoms with Gasteiger partial charge in [0.15, 0.2) is 5.96 Å². The zero-order valence-corrected chi connectivity index (χ0v) is 14.5. The van der Waals surface area contributed by atoms with E-state index in [1.54, 1.807) is 23.7 Å². The zero-order valence-electron chi connectivity index (χ0n) is 13.7. The van der Waals surface area contributed by atoms with Crippen LogP contribution in [0.25, 0.3) is 0 Å². The highest BCUT2D eigenvalue weighted by Crippen LogP contribution is 2.20. The molecular formula is C17H24N4OS. The van der Waals surface area contributed by atoms with Crippen molar-refractivity contribution in [1.82, 2.24) is 15.6 Å². The first-order valence-corrected chi connectivity index (χ1v) is 8.76. The molecule has 1 atom stereocenters. The highest BCUT2D eigenvalue weighted by Gasteiger charge is 2.06. The van der Waals surface area contributed by atoms with Crippen LogP contribution in [0.1, 0.15) is 24.6 Å². The number of nitrogens with zero attached hydrogens (tertiary/aromatic N) is 2. The van der Waals surface area contributed by atoms with Crippen molar-refractivity contribution in [3.05, 3.63) is 46.9 Å². The van der Waals surface area contributed by atoms with Gasteiger partial charge < -0.3 is 15.4 Å². The van der Waals surface area contributed by atoms with Gasteiger partial charge in [0.1, 0.15) is 12.4 Å². The molecule has 0 amide bonds. The Morgan fingerprint density at radius 2 is 2.26 bits per heavy atom. The lowest BCUT2D eigenvalue weighted by molar-refractivity contribution is 0.320. The van der Waals surface area contributed by atoms with Gasteiger partial charge in [0.2, 0.25) is 0 Å². The number of thiophene rings is 1. The Bertz CT molecular complexity index is 572. The van der Waals surface area contributed by atoms with Gasteiger partial charge in [-0.1, -0.05) is 13.0 Å². The van der Waals surface area contributed by atoms with E-state index in [2.05, 4.69) is 52.0 Å². The Morgan fingerprint density at radius 3 is 2.96 bits per heavy atom. The summed E-state index contributed by atoms with van der Waals surface area (Å²) < 4.78 is 5.61. The van der Waals surface area contributed by atoms with Crippen LogP contribution in [0.15, 0.2) is 47.0 Å². The third kappa shape index (κ3) is 6.28. The first-order valence-electron chi connectivity index (χ1n) is 7.88. The Balaban J connectivity index is 1.75. The number of rotatable bonds is 8. The summed E-state index contributed by atoms with van der Waals surface area (Å²) in [6, 6.07) is 8.00. The van der Waals surface area contributed by atoms with Crippen LogP contribution in [0.4, 0.5) is 0 Å². The van der Waals surface area contributed by atoms with Crippen LogP contribution in [0.2, 0.25) is 0 Å².